The van der Waals surface area contributed by atoms with Gasteiger partial charge in [-0.05, 0) is 48.6 Å². The van der Waals surface area contributed by atoms with Crippen molar-refractivity contribution < 1.29 is 9.90 Å². The molecule has 0 atom stereocenters. The number of amides is 1. The van der Waals surface area contributed by atoms with E-state index < -0.39 is 0 Å². The first-order valence-corrected chi connectivity index (χ1v) is 10.1. The number of hydrogen-bond donors (Lipinski definition) is 2. The fourth-order valence-corrected chi connectivity index (χ4v) is 4.14. The van der Waals surface area contributed by atoms with Gasteiger partial charge >= 0.3 is 0 Å². The average molecular weight is 395 g/mol. The van der Waals surface area contributed by atoms with Crippen molar-refractivity contribution >= 4 is 28.8 Å². The molecule has 1 aliphatic rings. The summed E-state index contributed by atoms with van der Waals surface area (Å²) >= 11 is 1.39. The van der Waals surface area contributed by atoms with Crippen molar-refractivity contribution in [1.29, 1.82) is 0 Å². The number of nitrogens with zero attached hydrogens (tertiary/aromatic N) is 3. The first kappa shape index (κ1) is 18.4. The second-order valence-corrected chi connectivity index (χ2v) is 7.57. The quantitative estimate of drug-likeness (QED) is 0.688. The molecular weight excluding hydrogens is 372 g/mol. The van der Waals surface area contributed by atoms with Crippen LogP contribution in [0.15, 0.2) is 36.4 Å². The van der Waals surface area contributed by atoms with Crippen LogP contribution in [0.1, 0.15) is 23.9 Å². The number of phenols is 1. The van der Waals surface area contributed by atoms with Crippen molar-refractivity contribution in [3.05, 3.63) is 53.3 Å². The lowest BCUT2D eigenvalue weighted by Gasteiger charge is -2.19. The number of aryl methyl sites for hydroxylation is 2. The van der Waals surface area contributed by atoms with Crippen LogP contribution in [0.5, 0.6) is 5.75 Å². The zero-order valence-corrected chi connectivity index (χ0v) is 16.7. The molecule has 0 spiro atoms. The Morgan fingerprint density at radius 2 is 2.18 bits per heavy atom. The zero-order chi connectivity index (χ0) is 19.7. The lowest BCUT2D eigenvalue weighted by Crippen LogP contribution is -2.34. The molecule has 0 fully saturated rings. The Morgan fingerprint density at radius 3 is 2.96 bits per heavy atom. The van der Waals surface area contributed by atoms with E-state index in [2.05, 4.69) is 14.7 Å². The molecule has 4 rings (SSSR count). The Hall–Kier alpha value is -2.93. The van der Waals surface area contributed by atoms with E-state index in [0.717, 1.165) is 45.3 Å². The predicted octanol–water partition coefficient (Wildman–Crippen LogP) is 3.78. The van der Waals surface area contributed by atoms with Gasteiger partial charge in [0, 0.05) is 29.8 Å². The molecule has 2 aromatic carbocycles. The maximum atomic E-state index is 12.8. The summed E-state index contributed by atoms with van der Waals surface area (Å²) in [7, 11) is 0. The first-order valence-electron chi connectivity index (χ1n) is 9.35. The van der Waals surface area contributed by atoms with Gasteiger partial charge in [0.1, 0.15) is 16.6 Å². The molecule has 3 aromatic rings. The lowest BCUT2D eigenvalue weighted by atomic mass is 10.1. The van der Waals surface area contributed by atoms with Gasteiger partial charge in [0.25, 0.3) is 0 Å². The van der Waals surface area contributed by atoms with Gasteiger partial charge in [-0.15, -0.1) is 0 Å². The maximum absolute atomic E-state index is 12.8. The van der Waals surface area contributed by atoms with Crippen LogP contribution in [0.2, 0.25) is 0 Å². The van der Waals surface area contributed by atoms with Crippen molar-refractivity contribution in [2.75, 3.05) is 23.3 Å². The molecule has 0 unspecified atom stereocenters. The highest BCUT2D eigenvalue weighted by Crippen LogP contribution is 2.34. The normalized spacial score (nSPS) is 12.9. The highest BCUT2D eigenvalue weighted by Gasteiger charge is 2.26. The van der Waals surface area contributed by atoms with E-state index >= 15 is 0 Å². The van der Waals surface area contributed by atoms with E-state index in [0.29, 0.717) is 13.0 Å². The summed E-state index contributed by atoms with van der Waals surface area (Å²) in [5.41, 5.74) is 4.62. The van der Waals surface area contributed by atoms with Crippen LogP contribution < -0.4 is 10.2 Å². The van der Waals surface area contributed by atoms with E-state index in [1.54, 1.807) is 17.0 Å². The number of phenolic OH excluding ortho intramolecular Hbond substituents is 1. The van der Waals surface area contributed by atoms with Gasteiger partial charge in [0.15, 0.2) is 0 Å². The van der Waals surface area contributed by atoms with E-state index in [1.807, 2.05) is 38.1 Å². The molecule has 1 aliphatic heterocycles. The molecule has 0 saturated carbocycles. The number of anilines is 2. The number of aromatic nitrogens is 2. The van der Waals surface area contributed by atoms with Gasteiger partial charge in [-0.25, -0.2) is 4.98 Å². The molecular formula is C21H22N4O2S. The molecule has 6 nitrogen and oxygen atoms in total. The van der Waals surface area contributed by atoms with Crippen molar-refractivity contribution in [2.24, 2.45) is 0 Å². The van der Waals surface area contributed by atoms with E-state index in [-0.39, 0.29) is 18.2 Å². The van der Waals surface area contributed by atoms with Crippen LogP contribution in [0.3, 0.4) is 0 Å². The third kappa shape index (κ3) is 3.45. The molecule has 0 bridgehead atoms. The third-order valence-corrected chi connectivity index (χ3v) is 5.80. The molecule has 7 heteroatoms. The van der Waals surface area contributed by atoms with Crippen LogP contribution in [0, 0.1) is 6.92 Å². The van der Waals surface area contributed by atoms with Crippen LogP contribution in [-0.4, -0.2) is 33.5 Å². The highest BCUT2D eigenvalue weighted by atomic mass is 32.1. The predicted molar refractivity (Wildman–Crippen MR) is 112 cm³/mol. The number of hydrogen-bond acceptors (Lipinski definition) is 6. The molecule has 1 aromatic heterocycles. The molecule has 0 aliphatic carbocycles. The summed E-state index contributed by atoms with van der Waals surface area (Å²) in [6.07, 6.45) is 1.49. The van der Waals surface area contributed by atoms with Gasteiger partial charge in [-0.1, -0.05) is 25.1 Å². The number of carbonyl (C=O) groups is 1. The summed E-state index contributed by atoms with van der Waals surface area (Å²) in [5, 5.41) is 14.1. The van der Waals surface area contributed by atoms with Crippen LogP contribution in [0.25, 0.3) is 10.6 Å². The summed E-state index contributed by atoms with van der Waals surface area (Å²) in [6, 6.07) is 11.4. The minimum Gasteiger partial charge on any atom is -0.508 e. The molecule has 144 valence electrons. The van der Waals surface area contributed by atoms with E-state index in [9.17, 15) is 9.90 Å². The van der Waals surface area contributed by atoms with Gasteiger partial charge in [0.2, 0.25) is 5.91 Å². The largest absolute Gasteiger partial charge is 0.508 e. The zero-order valence-electron chi connectivity index (χ0n) is 15.9. The second-order valence-electron chi connectivity index (χ2n) is 6.82. The van der Waals surface area contributed by atoms with Crippen molar-refractivity contribution in [3.8, 4) is 16.3 Å². The molecule has 1 amide bonds. The Labute approximate surface area is 168 Å². The summed E-state index contributed by atoms with van der Waals surface area (Å²) in [4.78, 5) is 19.0. The van der Waals surface area contributed by atoms with Gasteiger partial charge < -0.3 is 15.3 Å². The van der Waals surface area contributed by atoms with Crippen LogP contribution >= 0.6 is 11.5 Å². The second kappa shape index (κ2) is 7.59. The van der Waals surface area contributed by atoms with Gasteiger partial charge in [-0.3, -0.25) is 4.79 Å². The third-order valence-electron chi connectivity index (χ3n) is 5.00. The Kier molecular flexibility index (Phi) is 5.00. The molecule has 2 heterocycles. The minimum absolute atomic E-state index is 0.0154. The van der Waals surface area contributed by atoms with E-state index in [1.165, 1.54) is 11.5 Å². The molecule has 2 N–H and O–H groups in total. The number of fused-ring (bicyclic) bond motifs is 1. The fraction of sp³-hybridized carbons (Fsp3) is 0.286. The van der Waals surface area contributed by atoms with Gasteiger partial charge in [-0.2, -0.15) is 4.37 Å². The number of benzene rings is 2. The summed E-state index contributed by atoms with van der Waals surface area (Å²) < 4.78 is 4.35. The Morgan fingerprint density at radius 1 is 1.32 bits per heavy atom. The lowest BCUT2D eigenvalue weighted by molar-refractivity contribution is -0.116. The number of aromatic hydroxyl groups is 1. The fourth-order valence-electron chi connectivity index (χ4n) is 3.40. The van der Waals surface area contributed by atoms with Crippen molar-refractivity contribution in [3.63, 3.8) is 0 Å². The minimum atomic E-state index is -0.0154. The van der Waals surface area contributed by atoms with Crippen LogP contribution in [-0.2, 0) is 17.6 Å². The van der Waals surface area contributed by atoms with E-state index in [4.69, 9.17) is 0 Å². The number of carbonyl (C=O) groups excluding carboxylic acids is 1. The maximum Gasteiger partial charge on any atom is 0.246 e. The molecule has 28 heavy (non-hydrogen) atoms. The van der Waals surface area contributed by atoms with Crippen molar-refractivity contribution in [2.45, 2.75) is 26.7 Å². The SMILES string of the molecule is CCc1nsc(-c2ccc(C)c(NCC(=O)N3CCc4c(O)cccc43)c2)n1. The van der Waals surface area contributed by atoms with Gasteiger partial charge in [0.05, 0.1) is 12.2 Å². The Balaban J connectivity index is 1.49. The smallest absolute Gasteiger partial charge is 0.246 e. The molecule has 0 saturated heterocycles. The Bertz CT molecular complexity index is 1030. The monoisotopic (exact) mass is 394 g/mol. The highest BCUT2D eigenvalue weighted by molar-refractivity contribution is 7.09. The standard InChI is InChI=1S/C21H22N4O2S/c1-3-19-23-21(28-24-19)14-8-7-13(2)16(11-14)22-12-20(27)25-10-9-15-17(25)5-4-6-18(15)26/h4-8,11,22,26H,3,9-10,12H2,1-2H3. The summed E-state index contributed by atoms with van der Waals surface area (Å²) in [5.74, 6) is 1.09. The topological polar surface area (TPSA) is 78.4 Å². The van der Waals surface area contributed by atoms with Crippen LogP contribution in [0.4, 0.5) is 11.4 Å². The number of nitrogens with one attached hydrogen (secondary N) is 1. The average Bonchev–Trinajstić information content (AvgIpc) is 3.35. The first-order chi connectivity index (χ1) is 13.6. The molecule has 0 radical (unpaired) electrons. The number of rotatable bonds is 5. The summed E-state index contributed by atoms with van der Waals surface area (Å²) in [6.45, 7) is 4.83. The van der Waals surface area contributed by atoms with Crippen molar-refractivity contribution in [1.82, 2.24) is 9.36 Å².